The van der Waals surface area contributed by atoms with E-state index < -0.39 is 14.4 Å². The number of ketones is 1. The molecule has 0 aromatic heterocycles. The zero-order chi connectivity index (χ0) is 13.4. The lowest BCUT2D eigenvalue weighted by atomic mass is 9.90. The molecule has 2 atom stereocenters. The lowest BCUT2D eigenvalue weighted by Crippen LogP contribution is -2.47. The SMILES string of the molecule is C=C1[C@H](O)CC(=O)C[C@H]1O[Si](C)(C)C(C)(C)C. The molecule has 4 heteroatoms. The maximum Gasteiger partial charge on any atom is 0.192 e. The molecule has 0 aromatic rings. The van der Waals surface area contributed by atoms with Crippen LogP contribution in [0.25, 0.3) is 0 Å². The van der Waals surface area contributed by atoms with E-state index in [0.29, 0.717) is 12.0 Å². The summed E-state index contributed by atoms with van der Waals surface area (Å²) in [5.41, 5.74) is 0.662. The second-order valence-electron chi connectivity index (χ2n) is 6.40. The smallest absolute Gasteiger partial charge is 0.192 e. The summed E-state index contributed by atoms with van der Waals surface area (Å²) in [5.74, 6) is 0.0635. The van der Waals surface area contributed by atoms with Crippen LogP contribution < -0.4 is 0 Å². The Kier molecular flexibility index (Phi) is 4.01. The van der Waals surface area contributed by atoms with Gasteiger partial charge in [-0.15, -0.1) is 0 Å². The van der Waals surface area contributed by atoms with Crippen LogP contribution >= 0.6 is 0 Å². The second-order valence-corrected chi connectivity index (χ2v) is 11.2. The van der Waals surface area contributed by atoms with Gasteiger partial charge < -0.3 is 9.53 Å². The molecule has 1 rings (SSSR count). The summed E-state index contributed by atoms with van der Waals surface area (Å²) in [6.07, 6.45) is -0.475. The van der Waals surface area contributed by atoms with Crippen molar-refractivity contribution >= 4 is 14.1 Å². The number of hydrogen-bond acceptors (Lipinski definition) is 3. The van der Waals surface area contributed by atoms with Gasteiger partial charge in [0.05, 0.1) is 12.2 Å². The molecule has 0 amide bonds. The van der Waals surface area contributed by atoms with Gasteiger partial charge in [0, 0.05) is 12.8 Å². The van der Waals surface area contributed by atoms with E-state index in [9.17, 15) is 9.90 Å². The van der Waals surface area contributed by atoms with Gasteiger partial charge in [0.15, 0.2) is 8.32 Å². The molecule has 0 saturated heterocycles. The van der Waals surface area contributed by atoms with Gasteiger partial charge in [0.1, 0.15) is 5.78 Å². The van der Waals surface area contributed by atoms with Crippen LogP contribution in [0.1, 0.15) is 33.6 Å². The first-order valence-corrected chi connectivity index (χ1v) is 9.01. The van der Waals surface area contributed by atoms with Crippen molar-refractivity contribution in [2.45, 2.75) is 64.0 Å². The molecule has 0 heterocycles. The lowest BCUT2D eigenvalue weighted by molar-refractivity contribution is -0.123. The summed E-state index contributed by atoms with van der Waals surface area (Å²) in [6.45, 7) is 14.6. The molecular weight excluding hydrogens is 232 g/mol. The normalized spacial score (nSPS) is 27.4. The van der Waals surface area contributed by atoms with Gasteiger partial charge in [-0.25, -0.2) is 0 Å². The molecule has 1 aliphatic carbocycles. The van der Waals surface area contributed by atoms with Crippen molar-refractivity contribution in [2.75, 3.05) is 0 Å². The Morgan fingerprint density at radius 1 is 1.35 bits per heavy atom. The Morgan fingerprint density at radius 2 is 1.88 bits per heavy atom. The maximum absolute atomic E-state index is 11.5. The van der Waals surface area contributed by atoms with Crippen molar-refractivity contribution in [3.63, 3.8) is 0 Å². The first kappa shape index (κ1) is 14.6. The fraction of sp³-hybridized carbons (Fsp3) is 0.769. The highest BCUT2D eigenvalue weighted by atomic mass is 28.4. The fourth-order valence-corrected chi connectivity index (χ4v) is 2.93. The zero-order valence-corrected chi connectivity index (χ0v) is 12.5. The minimum Gasteiger partial charge on any atom is -0.410 e. The van der Waals surface area contributed by atoms with Crippen LogP contribution in [0.4, 0.5) is 0 Å². The molecule has 0 unspecified atom stereocenters. The van der Waals surface area contributed by atoms with E-state index in [1.54, 1.807) is 0 Å². The van der Waals surface area contributed by atoms with E-state index in [2.05, 4.69) is 40.4 Å². The molecule has 1 N–H and O–H groups in total. The third kappa shape index (κ3) is 3.27. The minimum absolute atomic E-state index is 0.0635. The number of rotatable bonds is 2. The van der Waals surface area contributed by atoms with Gasteiger partial charge in [-0.1, -0.05) is 27.4 Å². The van der Waals surface area contributed by atoms with Gasteiger partial charge in [0.25, 0.3) is 0 Å². The van der Waals surface area contributed by atoms with Gasteiger partial charge in [-0.2, -0.15) is 0 Å². The molecule has 1 fully saturated rings. The van der Waals surface area contributed by atoms with Crippen molar-refractivity contribution < 1.29 is 14.3 Å². The average molecular weight is 256 g/mol. The Labute approximate surface area is 105 Å². The molecule has 0 aliphatic heterocycles. The zero-order valence-electron chi connectivity index (χ0n) is 11.5. The third-order valence-corrected chi connectivity index (χ3v) is 8.40. The highest BCUT2D eigenvalue weighted by Gasteiger charge is 2.42. The predicted octanol–water partition coefficient (Wildman–Crippen LogP) is 2.66. The van der Waals surface area contributed by atoms with Crippen LogP contribution in [0.15, 0.2) is 12.2 Å². The number of carbonyl (C=O) groups is 1. The topological polar surface area (TPSA) is 46.5 Å². The molecule has 17 heavy (non-hydrogen) atoms. The van der Waals surface area contributed by atoms with Crippen LogP contribution in [0, 0.1) is 0 Å². The Bertz CT molecular complexity index is 328. The summed E-state index contributed by atoms with van der Waals surface area (Å²) >= 11 is 0. The monoisotopic (exact) mass is 256 g/mol. The highest BCUT2D eigenvalue weighted by molar-refractivity contribution is 6.74. The van der Waals surface area contributed by atoms with E-state index in [1.165, 1.54) is 0 Å². The summed E-state index contributed by atoms with van der Waals surface area (Å²) in [5, 5.41) is 9.83. The Balaban J connectivity index is 2.80. The standard InChI is InChI=1S/C13H24O3Si/c1-9-11(15)7-10(14)8-12(9)16-17(5,6)13(2,3)4/h11-12,15H,1,7-8H2,2-6H3/t11-,12-/m1/s1. The summed E-state index contributed by atoms with van der Waals surface area (Å²) < 4.78 is 6.15. The summed E-state index contributed by atoms with van der Waals surface area (Å²) in [6, 6.07) is 0. The van der Waals surface area contributed by atoms with Crippen molar-refractivity contribution in [1.82, 2.24) is 0 Å². The molecule has 1 saturated carbocycles. The van der Waals surface area contributed by atoms with Crippen molar-refractivity contribution in [3.8, 4) is 0 Å². The van der Waals surface area contributed by atoms with Crippen LogP contribution in [-0.2, 0) is 9.22 Å². The van der Waals surface area contributed by atoms with Gasteiger partial charge >= 0.3 is 0 Å². The number of carbonyl (C=O) groups excluding carboxylic acids is 1. The molecule has 0 bridgehead atoms. The first-order chi connectivity index (χ1) is 7.54. The third-order valence-electron chi connectivity index (χ3n) is 3.92. The van der Waals surface area contributed by atoms with E-state index in [-0.39, 0.29) is 23.3 Å². The molecule has 0 aromatic carbocycles. The molecule has 0 spiro atoms. The molecule has 1 aliphatic rings. The van der Waals surface area contributed by atoms with Crippen molar-refractivity contribution in [2.24, 2.45) is 0 Å². The number of Topliss-reactive ketones (excluding diaryl/α,β-unsaturated/α-hetero) is 1. The van der Waals surface area contributed by atoms with E-state index in [4.69, 9.17) is 4.43 Å². The van der Waals surface area contributed by atoms with E-state index in [0.717, 1.165) is 0 Å². The summed E-state index contributed by atoms with van der Waals surface area (Å²) in [4.78, 5) is 11.5. The van der Waals surface area contributed by atoms with Crippen LogP contribution in [-0.4, -0.2) is 31.4 Å². The van der Waals surface area contributed by atoms with E-state index >= 15 is 0 Å². The predicted molar refractivity (Wildman–Crippen MR) is 71.5 cm³/mol. The minimum atomic E-state index is -1.92. The van der Waals surface area contributed by atoms with Gasteiger partial charge in [-0.05, 0) is 23.7 Å². The molecule has 0 radical (unpaired) electrons. The fourth-order valence-electron chi connectivity index (χ4n) is 1.63. The second kappa shape index (κ2) is 4.67. The maximum atomic E-state index is 11.5. The van der Waals surface area contributed by atoms with Crippen molar-refractivity contribution in [1.29, 1.82) is 0 Å². The number of hydrogen-bond donors (Lipinski definition) is 1. The lowest BCUT2D eigenvalue weighted by Gasteiger charge is -2.41. The Morgan fingerprint density at radius 3 is 2.35 bits per heavy atom. The number of aliphatic hydroxyl groups excluding tert-OH is 1. The largest absolute Gasteiger partial charge is 0.410 e. The molecular formula is C13H24O3Si. The highest BCUT2D eigenvalue weighted by Crippen LogP contribution is 2.39. The van der Waals surface area contributed by atoms with E-state index in [1.807, 2.05) is 0 Å². The van der Waals surface area contributed by atoms with Crippen molar-refractivity contribution in [3.05, 3.63) is 12.2 Å². The van der Waals surface area contributed by atoms with Gasteiger partial charge in [0.2, 0.25) is 0 Å². The number of aliphatic hydroxyl groups is 1. The first-order valence-electron chi connectivity index (χ1n) is 6.11. The van der Waals surface area contributed by atoms with Crippen LogP contribution in [0.5, 0.6) is 0 Å². The molecule has 3 nitrogen and oxygen atoms in total. The van der Waals surface area contributed by atoms with Crippen LogP contribution in [0.3, 0.4) is 0 Å². The average Bonchev–Trinajstić information content (AvgIpc) is 2.11. The Hall–Kier alpha value is -0.453. The van der Waals surface area contributed by atoms with Gasteiger partial charge in [-0.3, -0.25) is 4.79 Å². The quantitative estimate of drug-likeness (QED) is 0.610. The molecule has 98 valence electrons. The van der Waals surface area contributed by atoms with Crippen LogP contribution in [0.2, 0.25) is 18.1 Å². The summed E-state index contributed by atoms with van der Waals surface area (Å²) in [7, 11) is -1.92.